The van der Waals surface area contributed by atoms with Crippen molar-refractivity contribution >= 4 is 28.8 Å². The van der Waals surface area contributed by atoms with Gasteiger partial charge in [-0.25, -0.2) is 0 Å². The molecule has 0 saturated heterocycles. The van der Waals surface area contributed by atoms with Crippen molar-refractivity contribution in [1.29, 1.82) is 0 Å². The van der Waals surface area contributed by atoms with Crippen LogP contribution in [0.5, 0.6) is 0 Å². The number of hydroxylamine groups is 1. The second-order valence-electron chi connectivity index (χ2n) is 4.23. The zero-order valence-electron chi connectivity index (χ0n) is 10.3. The number of carbonyl (C=O) groups is 1. The third-order valence-electron chi connectivity index (χ3n) is 2.70. The summed E-state index contributed by atoms with van der Waals surface area (Å²) in [5.74, 6) is -0.191. The SMILES string of the molecule is CCCCCCCCCCCC(=O)N(O)I. The Kier molecular flexibility index (Phi) is 11.8. The van der Waals surface area contributed by atoms with Gasteiger partial charge in [0.1, 0.15) is 0 Å². The minimum Gasteiger partial charge on any atom is -0.276 e. The Balaban J connectivity index is 3.07. The summed E-state index contributed by atoms with van der Waals surface area (Å²) in [5.41, 5.74) is 0. The number of hydrogen-bond donors (Lipinski definition) is 1. The third kappa shape index (κ3) is 10.7. The number of carbonyl (C=O) groups excluding carboxylic acids is 1. The molecule has 0 aromatic rings. The molecule has 0 aromatic heterocycles. The molecule has 96 valence electrons. The van der Waals surface area contributed by atoms with Crippen LogP contribution in [0.3, 0.4) is 0 Å². The Labute approximate surface area is 113 Å². The van der Waals surface area contributed by atoms with E-state index in [0.717, 1.165) is 12.8 Å². The zero-order chi connectivity index (χ0) is 12.2. The predicted molar refractivity (Wildman–Crippen MR) is 74.5 cm³/mol. The summed E-state index contributed by atoms with van der Waals surface area (Å²) in [4.78, 5) is 11.0. The highest BCUT2D eigenvalue weighted by molar-refractivity contribution is 14.1. The van der Waals surface area contributed by atoms with Crippen LogP contribution in [0.1, 0.15) is 71.1 Å². The minimum absolute atomic E-state index is 0.191. The highest BCUT2D eigenvalue weighted by Gasteiger charge is 2.05. The first-order valence-corrected chi connectivity index (χ1v) is 7.32. The van der Waals surface area contributed by atoms with Gasteiger partial charge in [0.05, 0.1) is 22.9 Å². The summed E-state index contributed by atoms with van der Waals surface area (Å²) in [5, 5.41) is 8.81. The van der Waals surface area contributed by atoms with E-state index in [1.165, 1.54) is 44.9 Å². The maximum atomic E-state index is 11.0. The maximum absolute atomic E-state index is 11.0. The molecule has 16 heavy (non-hydrogen) atoms. The number of rotatable bonds is 10. The van der Waals surface area contributed by atoms with Crippen molar-refractivity contribution in [3.63, 3.8) is 0 Å². The molecule has 1 N–H and O–H groups in total. The number of nitrogens with zero attached hydrogens (tertiary/aromatic N) is 1. The molecule has 0 atom stereocenters. The molecule has 3 nitrogen and oxygen atoms in total. The minimum atomic E-state index is -0.191. The van der Waals surface area contributed by atoms with Crippen LogP contribution >= 0.6 is 22.9 Å². The molecule has 4 heteroatoms. The van der Waals surface area contributed by atoms with Crippen molar-refractivity contribution in [3.8, 4) is 0 Å². The van der Waals surface area contributed by atoms with Crippen LogP contribution in [0.2, 0.25) is 0 Å². The lowest BCUT2D eigenvalue weighted by atomic mass is 10.1. The summed E-state index contributed by atoms with van der Waals surface area (Å²) >= 11 is 1.59. The van der Waals surface area contributed by atoms with Gasteiger partial charge >= 0.3 is 0 Å². The van der Waals surface area contributed by atoms with Gasteiger partial charge in [-0.3, -0.25) is 10.0 Å². The number of halogens is 1. The Morgan fingerprint density at radius 2 is 1.44 bits per heavy atom. The molecule has 0 aliphatic rings. The van der Waals surface area contributed by atoms with Crippen molar-refractivity contribution in [2.45, 2.75) is 71.1 Å². The Morgan fingerprint density at radius 3 is 1.88 bits per heavy atom. The van der Waals surface area contributed by atoms with Crippen LogP contribution in [-0.4, -0.2) is 14.4 Å². The molecule has 0 spiro atoms. The van der Waals surface area contributed by atoms with Gasteiger partial charge in [0.2, 0.25) is 0 Å². The molecule has 0 radical (unpaired) electrons. The van der Waals surface area contributed by atoms with E-state index >= 15 is 0 Å². The molecular weight excluding hydrogens is 317 g/mol. The van der Waals surface area contributed by atoms with Gasteiger partial charge in [0.15, 0.2) is 0 Å². The molecule has 0 aliphatic heterocycles. The molecule has 0 bridgehead atoms. The van der Waals surface area contributed by atoms with Crippen molar-refractivity contribution in [2.75, 3.05) is 0 Å². The van der Waals surface area contributed by atoms with E-state index in [9.17, 15) is 4.79 Å². The normalized spacial score (nSPS) is 10.4. The number of hydrogen-bond acceptors (Lipinski definition) is 2. The average Bonchev–Trinajstić information content (AvgIpc) is 2.26. The van der Waals surface area contributed by atoms with Gasteiger partial charge in [-0.2, -0.15) is 3.28 Å². The number of unbranched alkanes of at least 4 members (excludes halogenated alkanes) is 8. The first-order valence-electron chi connectivity index (χ1n) is 6.36. The average molecular weight is 341 g/mol. The van der Waals surface area contributed by atoms with Gasteiger partial charge in [-0.05, 0) is 6.42 Å². The lowest BCUT2D eigenvalue weighted by molar-refractivity contribution is -0.141. The lowest BCUT2D eigenvalue weighted by Crippen LogP contribution is -2.15. The van der Waals surface area contributed by atoms with Gasteiger partial charge < -0.3 is 0 Å². The molecule has 0 aliphatic carbocycles. The molecule has 0 fully saturated rings. The molecule has 0 aromatic carbocycles. The van der Waals surface area contributed by atoms with E-state index < -0.39 is 0 Å². The van der Waals surface area contributed by atoms with Crippen LogP contribution in [0.15, 0.2) is 0 Å². The molecule has 0 rings (SSSR count). The molecule has 0 heterocycles. The second kappa shape index (κ2) is 11.6. The fourth-order valence-electron chi connectivity index (χ4n) is 1.68. The van der Waals surface area contributed by atoms with E-state index in [4.69, 9.17) is 5.21 Å². The van der Waals surface area contributed by atoms with Gasteiger partial charge in [0, 0.05) is 6.42 Å². The fourth-order valence-corrected chi connectivity index (χ4v) is 1.92. The van der Waals surface area contributed by atoms with Crippen molar-refractivity contribution in [3.05, 3.63) is 0 Å². The van der Waals surface area contributed by atoms with Crippen molar-refractivity contribution in [1.82, 2.24) is 3.28 Å². The summed E-state index contributed by atoms with van der Waals surface area (Å²) in [6.45, 7) is 2.23. The fraction of sp³-hybridized carbons (Fsp3) is 0.917. The Hall–Kier alpha value is 0.160. The smallest absolute Gasteiger partial charge is 0.255 e. The summed E-state index contributed by atoms with van der Waals surface area (Å²) < 4.78 is 0.655. The van der Waals surface area contributed by atoms with Crippen LogP contribution in [0, 0.1) is 0 Å². The molecule has 0 unspecified atom stereocenters. The Bertz CT molecular complexity index is 174. The van der Waals surface area contributed by atoms with E-state index in [1.807, 2.05) is 0 Å². The molecular formula is C12H24INO2. The monoisotopic (exact) mass is 341 g/mol. The topological polar surface area (TPSA) is 40.5 Å². The Morgan fingerprint density at radius 1 is 1.00 bits per heavy atom. The van der Waals surface area contributed by atoms with Gasteiger partial charge in [-0.1, -0.05) is 58.3 Å². The van der Waals surface area contributed by atoms with Crippen LogP contribution in [-0.2, 0) is 4.79 Å². The van der Waals surface area contributed by atoms with Gasteiger partial charge in [-0.15, -0.1) is 0 Å². The first-order chi connectivity index (χ1) is 7.68. The van der Waals surface area contributed by atoms with Crippen molar-refractivity contribution < 1.29 is 10.0 Å². The summed E-state index contributed by atoms with van der Waals surface area (Å²) in [6, 6.07) is 0. The van der Waals surface area contributed by atoms with Crippen LogP contribution in [0.4, 0.5) is 0 Å². The third-order valence-corrected chi connectivity index (χ3v) is 3.24. The largest absolute Gasteiger partial charge is 0.276 e. The highest BCUT2D eigenvalue weighted by Crippen LogP contribution is 2.11. The van der Waals surface area contributed by atoms with E-state index in [-0.39, 0.29) is 5.91 Å². The van der Waals surface area contributed by atoms with Gasteiger partial charge in [0.25, 0.3) is 5.91 Å². The molecule has 1 amide bonds. The molecule has 0 saturated carbocycles. The highest BCUT2D eigenvalue weighted by atomic mass is 127. The quantitative estimate of drug-likeness (QED) is 0.209. The first kappa shape index (κ1) is 16.2. The lowest BCUT2D eigenvalue weighted by Gasteiger charge is -2.05. The summed E-state index contributed by atoms with van der Waals surface area (Å²) in [7, 11) is 0. The van der Waals surface area contributed by atoms with E-state index in [0.29, 0.717) is 9.70 Å². The van der Waals surface area contributed by atoms with E-state index in [2.05, 4.69) is 6.92 Å². The maximum Gasteiger partial charge on any atom is 0.255 e. The standard InChI is InChI=1S/C12H24INO2/c1-2-3-4-5-6-7-8-9-10-11-12(15)14(13)16/h16H,2-11H2,1H3. The summed E-state index contributed by atoms with van der Waals surface area (Å²) in [6.07, 6.45) is 11.7. The van der Waals surface area contributed by atoms with Crippen LogP contribution < -0.4 is 0 Å². The zero-order valence-corrected chi connectivity index (χ0v) is 12.4. The second-order valence-corrected chi connectivity index (χ2v) is 5.15. The van der Waals surface area contributed by atoms with Crippen molar-refractivity contribution in [2.24, 2.45) is 0 Å². The predicted octanol–water partition coefficient (Wildman–Crippen LogP) is 4.48. The number of amides is 1. The van der Waals surface area contributed by atoms with E-state index in [1.54, 1.807) is 22.9 Å². The van der Waals surface area contributed by atoms with Crippen LogP contribution in [0.25, 0.3) is 0 Å².